The fourth-order valence-electron chi connectivity index (χ4n) is 0.808. The largest absolute Gasteiger partial charge is 0.340 e. The van der Waals surface area contributed by atoms with Crippen LogP contribution in [0.1, 0.15) is 12.6 Å². The second kappa shape index (κ2) is 3.34. The molecule has 66 valence electrons. The Labute approximate surface area is 71.0 Å². The van der Waals surface area contributed by atoms with Gasteiger partial charge in [-0.2, -0.15) is 0 Å². The minimum absolute atomic E-state index is 0.0381. The third-order valence-electron chi connectivity index (χ3n) is 1.74. The van der Waals surface area contributed by atoms with Gasteiger partial charge in [-0.15, -0.1) is 5.10 Å². The van der Waals surface area contributed by atoms with Gasteiger partial charge in [0.15, 0.2) is 0 Å². The van der Waals surface area contributed by atoms with E-state index in [0.29, 0.717) is 6.54 Å². The lowest BCUT2D eigenvalue weighted by Gasteiger charge is -2.13. The molecule has 0 bridgehead atoms. The van der Waals surface area contributed by atoms with Gasteiger partial charge in [0.05, 0.1) is 18.4 Å². The van der Waals surface area contributed by atoms with Crippen molar-refractivity contribution in [1.29, 1.82) is 0 Å². The SMILES string of the molecule is CC(=O)N(C)Cc1cnnn1C. The second-order valence-electron chi connectivity index (χ2n) is 2.72. The summed E-state index contributed by atoms with van der Waals surface area (Å²) in [5, 5.41) is 7.47. The zero-order valence-electron chi connectivity index (χ0n) is 7.48. The van der Waals surface area contributed by atoms with E-state index in [1.54, 1.807) is 29.9 Å². The van der Waals surface area contributed by atoms with Gasteiger partial charge in [0.25, 0.3) is 0 Å². The van der Waals surface area contributed by atoms with Gasteiger partial charge in [0.2, 0.25) is 5.91 Å². The van der Waals surface area contributed by atoms with Crippen molar-refractivity contribution < 1.29 is 4.79 Å². The maximum Gasteiger partial charge on any atom is 0.219 e. The van der Waals surface area contributed by atoms with Gasteiger partial charge in [-0.3, -0.25) is 9.48 Å². The number of hydrogen-bond donors (Lipinski definition) is 0. The fourth-order valence-corrected chi connectivity index (χ4v) is 0.808. The van der Waals surface area contributed by atoms with Crippen molar-refractivity contribution in [1.82, 2.24) is 19.9 Å². The van der Waals surface area contributed by atoms with Crippen LogP contribution < -0.4 is 0 Å². The van der Waals surface area contributed by atoms with Gasteiger partial charge in [0.1, 0.15) is 0 Å². The smallest absolute Gasteiger partial charge is 0.219 e. The average Bonchev–Trinajstić information content (AvgIpc) is 2.36. The van der Waals surface area contributed by atoms with Crippen LogP contribution in [0.2, 0.25) is 0 Å². The normalized spacial score (nSPS) is 9.92. The van der Waals surface area contributed by atoms with Gasteiger partial charge in [-0.05, 0) is 0 Å². The van der Waals surface area contributed by atoms with Crippen molar-refractivity contribution in [3.05, 3.63) is 11.9 Å². The van der Waals surface area contributed by atoms with Gasteiger partial charge >= 0.3 is 0 Å². The lowest BCUT2D eigenvalue weighted by molar-refractivity contribution is -0.128. The van der Waals surface area contributed by atoms with E-state index >= 15 is 0 Å². The molecule has 1 aromatic heterocycles. The van der Waals surface area contributed by atoms with E-state index in [2.05, 4.69) is 10.3 Å². The highest BCUT2D eigenvalue weighted by Gasteiger charge is 2.06. The molecule has 1 aromatic rings. The van der Waals surface area contributed by atoms with Gasteiger partial charge < -0.3 is 4.90 Å². The number of hydrogen-bond acceptors (Lipinski definition) is 3. The standard InChI is InChI=1S/C7H12N4O/c1-6(12)10(2)5-7-4-8-9-11(7)3/h4H,5H2,1-3H3. The van der Waals surface area contributed by atoms with Crippen LogP contribution in [0.5, 0.6) is 0 Å². The second-order valence-corrected chi connectivity index (χ2v) is 2.72. The van der Waals surface area contributed by atoms with E-state index in [0.717, 1.165) is 5.69 Å². The summed E-state index contributed by atoms with van der Waals surface area (Å²) in [4.78, 5) is 12.5. The molecule has 0 aliphatic heterocycles. The minimum Gasteiger partial charge on any atom is -0.340 e. The number of carbonyl (C=O) groups excluding carboxylic acids is 1. The lowest BCUT2D eigenvalue weighted by atomic mass is 10.4. The van der Waals surface area contributed by atoms with Gasteiger partial charge in [0, 0.05) is 21.0 Å². The monoisotopic (exact) mass is 168 g/mol. The predicted octanol–water partition coefficient (Wildman–Crippen LogP) is -0.207. The Bertz CT molecular complexity index is 281. The first-order valence-corrected chi connectivity index (χ1v) is 3.66. The molecule has 1 rings (SSSR count). The Balaban J connectivity index is 2.64. The van der Waals surface area contributed by atoms with Gasteiger partial charge in [-0.25, -0.2) is 0 Å². The maximum atomic E-state index is 10.9. The summed E-state index contributed by atoms with van der Waals surface area (Å²) in [5.41, 5.74) is 0.924. The molecule has 0 radical (unpaired) electrons. The van der Waals surface area contributed by atoms with E-state index in [1.807, 2.05) is 0 Å². The molecule has 0 aromatic carbocycles. The number of rotatable bonds is 2. The van der Waals surface area contributed by atoms with Crippen molar-refractivity contribution in [2.24, 2.45) is 7.05 Å². The number of amides is 1. The Hall–Kier alpha value is -1.39. The molecule has 0 aliphatic rings. The van der Waals surface area contributed by atoms with Crippen LogP contribution >= 0.6 is 0 Å². The van der Waals surface area contributed by atoms with E-state index in [-0.39, 0.29) is 5.91 Å². The first-order chi connectivity index (χ1) is 5.61. The molecule has 0 spiro atoms. The van der Waals surface area contributed by atoms with Crippen molar-refractivity contribution in [3.63, 3.8) is 0 Å². The Kier molecular flexibility index (Phi) is 2.42. The molecule has 12 heavy (non-hydrogen) atoms. The van der Waals surface area contributed by atoms with E-state index in [9.17, 15) is 4.79 Å². The van der Waals surface area contributed by atoms with Crippen LogP contribution in [0.3, 0.4) is 0 Å². The van der Waals surface area contributed by atoms with E-state index in [1.165, 1.54) is 6.92 Å². The van der Waals surface area contributed by atoms with Crippen LogP contribution in [-0.4, -0.2) is 32.8 Å². The fraction of sp³-hybridized carbons (Fsp3) is 0.571. The molecular formula is C7H12N4O. The third-order valence-corrected chi connectivity index (χ3v) is 1.74. The molecule has 0 unspecified atom stereocenters. The molecule has 1 heterocycles. The van der Waals surface area contributed by atoms with Crippen molar-refractivity contribution in [3.8, 4) is 0 Å². The quantitative estimate of drug-likeness (QED) is 0.614. The van der Waals surface area contributed by atoms with Crippen LogP contribution in [0, 0.1) is 0 Å². The zero-order chi connectivity index (χ0) is 9.14. The molecule has 0 N–H and O–H groups in total. The number of aromatic nitrogens is 3. The Morgan fingerprint density at radius 3 is 2.83 bits per heavy atom. The third kappa shape index (κ3) is 1.81. The summed E-state index contributed by atoms with van der Waals surface area (Å²) in [5.74, 6) is 0.0381. The van der Waals surface area contributed by atoms with E-state index < -0.39 is 0 Å². The summed E-state index contributed by atoms with van der Waals surface area (Å²) >= 11 is 0. The lowest BCUT2D eigenvalue weighted by Crippen LogP contribution is -2.24. The molecule has 5 heteroatoms. The van der Waals surface area contributed by atoms with Crippen LogP contribution in [0.15, 0.2) is 6.20 Å². The Morgan fingerprint density at radius 1 is 1.75 bits per heavy atom. The predicted molar refractivity (Wildman–Crippen MR) is 43.2 cm³/mol. The maximum absolute atomic E-state index is 10.9. The summed E-state index contributed by atoms with van der Waals surface area (Å²) < 4.78 is 1.65. The molecule has 0 saturated heterocycles. The van der Waals surface area contributed by atoms with Crippen LogP contribution in [0.25, 0.3) is 0 Å². The highest BCUT2D eigenvalue weighted by molar-refractivity contribution is 5.72. The highest BCUT2D eigenvalue weighted by Crippen LogP contribution is 1.98. The molecule has 0 saturated carbocycles. The van der Waals surface area contributed by atoms with E-state index in [4.69, 9.17) is 0 Å². The minimum atomic E-state index is 0.0381. The van der Waals surface area contributed by atoms with Crippen LogP contribution in [0.4, 0.5) is 0 Å². The topological polar surface area (TPSA) is 51.0 Å². The molecule has 0 atom stereocenters. The van der Waals surface area contributed by atoms with Crippen molar-refractivity contribution >= 4 is 5.91 Å². The zero-order valence-corrected chi connectivity index (χ0v) is 7.48. The number of aryl methyl sites for hydroxylation is 1. The first kappa shape index (κ1) is 8.70. The number of nitrogens with zero attached hydrogens (tertiary/aromatic N) is 4. The first-order valence-electron chi connectivity index (χ1n) is 3.66. The molecule has 0 fully saturated rings. The highest BCUT2D eigenvalue weighted by atomic mass is 16.2. The number of carbonyl (C=O) groups is 1. The molecule has 1 amide bonds. The molecular weight excluding hydrogens is 156 g/mol. The van der Waals surface area contributed by atoms with Crippen LogP contribution in [-0.2, 0) is 18.4 Å². The van der Waals surface area contributed by atoms with Crippen molar-refractivity contribution in [2.75, 3.05) is 7.05 Å². The van der Waals surface area contributed by atoms with Gasteiger partial charge in [-0.1, -0.05) is 5.21 Å². The van der Waals surface area contributed by atoms with Crippen molar-refractivity contribution in [2.45, 2.75) is 13.5 Å². The Morgan fingerprint density at radius 2 is 2.42 bits per heavy atom. The summed E-state index contributed by atoms with van der Waals surface area (Å²) in [6.07, 6.45) is 1.65. The molecule has 5 nitrogen and oxygen atoms in total. The summed E-state index contributed by atoms with van der Waals surface area (Å²) in [6, 6.07) is 0. The molecule has 0 aliphatic carbocycles. The summed E-state index contributed by atoms with van der Waals surface area (Å²) in [6.45, 7) is 2.09. The summed E-state index contributed by atoms with van der Waals surface area (Å²) in [7, 11) is 3.55. The average molecular weight is 168 g/mol.